The van der Waals surface area contributed by atoms with Crippen LogP contribution in [-0.4, -0.2) is 24.0 Å². The predicted molar refractivity (Wildman–Crippen MR) is 50.2 cm³/mol. The molecule has 1 rings (SSSR count). The van der Waals surface area contributed by atoms with Crippen molar-refractivity contribution in [2.75, 3.05) is 0 Å². The van der Waals surface area contributed by atoms with E-state index in [1.54, 1.807) is 0 Å². The molecule has 86 valence electrons. The van der Waals surface area contributed by atoms with Crippen LogP contribution in [0, 0.1) is 6.92 Å². The van der Waals surface area contributed by atoms with Gasteiger partial charge in [-0.25, -0.2) is 4.79 Å². The smallest absolute Gasteiger partial charge is 0.387 e. The summed E-state index contributed by atoms with van der Waals surface area (Å²) < 4.78 is 28.0. The van der Waals surface area contributed by atoms with Crippen molar-refractivity contribution in [3.8, 4) is 5.75 Å². The molecule has 0 spiro atoms. The normalized spacial score (nSPS) is 10.2. The molecule has 0 aliphatic heterocycles. The summed E-state index contributed by atoms with van der Waals surface area (Å²) in [5.41, 5.74) is -0.204. The highest BCUT2D eigenvalue weighted by Gasteiger charge is 2.16. The lowest BCUT2D eigenvalue weighted by molar-refractivity contribution is -0.0500. The third-order valence-corrected chi connectivity index (χ3v) is 2.04. The average Bonchev–Trinajstić information content (AvgIpc) is 2.16. The van der Waals surface area contributed by atoms with E-state index in [-0.39, 0.29) is 22.4 Å². The number of aldehydes is 1. The number of aromatic carboxylic acids is 1. The van der Waals surface area contributed by atoms with E-state index in [0.29, 0.717) is 6.29 Å². The maximum Gasteiger partial charge on any atom is 0.387 e. The predicted octanol–water partition coefficient (Wildman–Crippen LogP) is 2.11. The van der Waals surface area contributed by atoms with Crippen molar-refractivity contribution >= 4 is 12.3 Å². The van der Waals surface area contributed by atoms with Crippen molar-refractivity contribution in [1.29, 1.82) is 0 Å². The van der Waals surface area contributed by atoms with Crippen LogP contribution < -0.4 is 4.74 Å². The van der Waals surface area contributed by atoms with Gasteiger partial charge in [-0.05, 0) is 24.6 Å². The number of carboxylic acid groups (broad SMARTS) is 1. The second kappa shape index (κ2) is 4.69. The Kier molecular flexibility index (Phi) is 3.55. The fraction of sp³-hybridized carbons (Fsp3) is 0.200. The van der Waals surface area contributed by atoms with E-state index >= 15 is 0 Å². The molecule has 6 heteroatoms. The first-order chi connectivity index (χ1) is 7.47. The number of rotatable bonds is 4. The van der Waals surface area contributed by atoms with Gasteiger partial charge in [-0.3, -0.25) is 4.79 Å². The highest BCUT2D eigenvalue weighted by Crippen LogP contribution is 2.25. The van der Waals surface area contributed by atoms with Crippen LogP contribution in [0.5, 0.6) is 5.75 Å². The van der Waals surface area contributed by atoms with Gasteiger partial charge in [0, 0.05) is 0 Å². The number of carbonyl (C=O) groups excluding carboxylic acids is 1. The van der Waals surface area contributed by atoms with Gasteiger partial charge in [-0.1, -0.05) is 0 Å². The van der Waals surface area contributed by atoms with E-state index in [2.05, 4.69) is 4.74 Å². The second-order valence-electron chi connectivity index (χ2n) is 2.95. The number of halogens is 2. The summed E-state index contributed by atoms with van der Waals surface area (Å²) in [4.78, 5) is 21.4. The van der Waals surface area contributed by atoms with Crippen LogP contribution in [0.2, 0.25) is 0 Å². The van der Waals surface area contributed by atoms with Gasteiger partial charge in [-0.15, -0.1) is 0 Å². The Labute approximate surface area is 89.5 Å². The summed E-state index contributed by atoms with van der Waals surface area (Å²) in [5.74, 6) is -1.56. The summed E-state index contributed by atoms with van der Waals surface area (Å²) in [7, 11) is 0. The summed E-state index contributed by atoms with van der Waals surface area (Å²) >= 11 is 0. The Morgan fingerprint density at radius 2 is 2.12 bits per heavy atom. The molecule has 0 aliphatic rings. The fourth-order valence-corrected chi connectivity index (χ4v) is 1.28. The van der Waals surface area contributed by atoms with Crippen LogP contribution >= 0.6 is 0 Å². The highest BCUT2D eigenvalue weighted by molar-refractivity contribution is 5.94. The minimum atomic E-state index is -3.06. The van der Waals surface area contributed by atoms with Crippen LogP contribution in [0.25, 0.3) is 0 Å². The third-order valence-electron chi connectivity index (χ3n) is 2.04. The minimum absolute atomic E-state index is 0.0978. The maximum atomic E-state index is 12.0. The Morgan fingerprint density at radius 1 is 1.50 bits per heavy atom. The van der Waals surface area contributed by atoms with Crippen molar-refractivity contribution < 1.29 is 28.2 Å². The molecule has 1 aromatic carbocycles. The van der Waals surface area contributed by atoms with Crippen LogP contribution in [0.3, 0.4) is 0 Å². The fourth-order valence-electron chi connectivity index (χ4n) is 1.28. The van der Waals surface area contributed by atoms with E-state index in [0.717, 1.165) is 12.1 Å². The lowest BCUT2D eigenvalue weighted by Crippen LogP contribution is -2.08. The monoisotopic (exact) mass is 230 g/mol. The van der Waals surface area contributed by atoms with Gasteiger partial charge in [-0.2, -0.15) is 8.78 Å². The maximum absolute atomic E-state index is 12.0. The first-order valence-electron chi connectivity index (χ1n) is 4.24. The molecule has 0 aromatic heterocycles. The zero-order chi connectivity index (χ0) is 12.3. The molecular weight excluding hydrogens is 222 g/mol. The van der Waals surface area contributed by atoms with E-state index < -0.39 is 12.6 Å². The van der Waals surface area contributed by atoms with Crippen molar-refractivity contribution in [2.45, 2.75) is 13.5 Å². The molecule has 0 saturated carbocycles. The number of carboxylic acids is 1. The van der Waals surface area contributed by atoms with Gasteiger partial charge in [0.2, 0.25) is 0 Å². The number of alkyl halides is 2. The molecule has 1 N–H and O–H groups in total. The van der Waals surface area contributed by atoms with Gasteiger partial charge >= 0.3 is 12.6 Å². The quantitative estimate of drug-likeness (QED) is 0.804. The Bertz CT molecular complexity index is 429. The Morgan fingerprint density at radius 3 is 2.56 bits per heavy atom. The van der Waals surface area contributed by atoms with Crippen LogP contribution in [0.15, 0.2) is 12.1 Å². The van der Waals surface area contributed by atoms with Gasteiger partial charge < -0.3 is 9.84 Å². The lowest BCUT2D eigenvalue weighted by Gasteiger charge is -2.10. The van der Waals surface area contributed by atoms with Gasteiger partial charge in [0.25, 0.3) is 0 Å². The standard InChI is InChI=1S/C10H8F2O4/c1-5-6(9(14)15)2-3-8(7(5)4-13)16-10(11)12/h2-4,10H,1H3,(H,14,15). The van der Waals surface area contributed by atoms with Gasteiger partial charge in [0.15, 0.2) is 6.29 Å². The van der Waals surface area contributed by atoms with Crippen LogP contribution in [0.1, 0.15) is 26.3 Å². The average molecular weight is 230 g/mol. The van der Waals surface area contributed by atoms with Crippen molar-refractivity contribution in [3.63, 3.8) is 0 Å². The zero-order valence-electron chi connectivity index (χ0n) is 8.24. The highest BCUT2D eigenvalue weighted by atomic mass is 19.3. The molecule has 0 unspecified atom stereocenters. The summed E-state index contributed by atoms with van der Waals surface area (Å²) in [6.45, 7) is -1.71. The number of benzene rings is 1. The number of hydrogen-bond donors (Lipinski definition) is 1. The molecule has 0 radical (unpaired) electrons. The molecule has 0 bridgehead atoms. The largest absolute Gasteiger partial charge is 0.478 e. The molecule has 0 heterocycles. The van der Waals surface area contributed by atoms with Gasteiger partial charge in [0.05, 0.1) is 11.1 Å². The lowest BCUT2D eigenvalue weighted by atomic mass is 10.0. The zero-order valence-corrected chi connectivity index (χ0v) is 8.24. The second-order valence-corrected chi connectivity index (χ2v) is 2.95. The van der Waals surface area contributed by atoms with E-state index in [4.69, 9.17) is 5.11 Å². The number of carbonyl (C=O) groups is 2. The summed E-state index contributed by atoms with van der Waals surface area (Å²) in [5, 5.41) is 8.75. The number of hydrogen-bond acceptors (Lipinski definition) is 3. The molecule has 1 aromatic rings. The summed E-state index contributed by atoms with van der Waals surface area (Å²) in [6.07, 6.45) is 0.291. The summed E-state index contributed by atoms with van der Waals surface area (Å²) in [6, 6.07) is 2.15. The third kappa shape index (κ3) is 2.33. The first-order valence-corrected chi connectivity index (χ1v) is 4.24. The van der Waals surface area contributed by atoms with Gasteiger partial charge in [0.1, 0.15) is 5.75 Å². The SMILES string of the molecule is Cc1c(C(=O)O)ccc(OC(F)F)c1C=O. The Balaban J connectivity index is 3.29. The Hall–Kier alpha value is -1.98. The molecule has 0 atom stereocenters. The molecule has 0 saturated heterocycles. The van der Waals surface area contributed by atoms with Crippen molar-refractivity contribution in [1.82, 2.24) is 0 Å². The molecule has 4 nitrogen and oxygen atoms in total. The van der Waals surface area contributed by atoms with Crippen molar-refractivity contribution in [2.24, 2.45) is 0 Å². The molecule has 0 fully saturated rings. The van der Waals surface area contributed by atoms with E-state index in [9.17, 15) is 18.4 Å². The van der Waals surface area contributed by atoms with E-state index in [1.807, 2.05) is 0 Å². The minimum Gasteiger partial charge on any atom is -0.478 e. The number of ether oxygens (including phenoxy) is 1. The van der Waals surface area contributed by atoms with Crippen molar-refractivity contribution in [3.05, 3.63) is 28.8 Å². The van der Waals surface area contributed by atoms with E-state index in [1.165, 1.54) is 6.92 Å². The molecule has 0 amide bonds. The van der Waals surface area contributed by atoms with Crippen LogP contribution in [0.4, 0.5) is 8.78 Å². The molecule has 16 heavy (non-hydrogen) atoms. The topological polar surface area (TPSA) is 63.6 Å². The molecule has 0 aliphatic carbocycles. The molecular formula is C10H8F2O4. The first kappa shape index (κ1) is 12.1. The van der Waals surface area contributed by atoms with Crippen LogP contribution in [-0.2, 0) is 0 Å².